The molecule has 1 aliphatic heterocycles. The normalized spacial score (nSPS) is 15.4. The number of aromatic nitrogens is 2. The van der Waals surface area contributed by atoms with Gasteiger partial charge in [0.2, 0.25) is 0 Å². The first-order chi connectivity index (χ1) is 19.6. The number of hydrogen-bond donors (Lipinski definition) is 1. The van der Waals surface area contributed by atoms with Gasteiger partial charge in [-0.15, -0.1) is 22.7 Å². The van der Waals surface area contributed by atoms with Crippen molar-refractivity contribution in [1.29, 1.82) is 0 Å². The molecule has 1 aliphatic rings. The number of nitrogens with zero attached hydrogens (tertiary/aromatic N) is 3. The molecule has 5 rings (SSSR count). The number of thiazole rings is 1. The summed E-state index contributed by atoms with van der Waals surface area (Å²) >= 11 is 2.75. The Kier molecular flexibility index (Phi) is 8.73. The maximum Gasteiger partial charge on any atom is 0.490 e. The van der Waals surface area contributed by atoms with Crippen LogP contribution in [0.1, 0.15) is 31.1 Å². The number of nitrogens with one attached hydrogen (secondary N) is 1. The van der Waals surface area contributed by atoms with E-state index in [1.54, 1.807) is 34.9 Å². The van der Waals surface area contributed by atoms with Gasteiger partial charge >= 0.3 is 12.1 Å². The molecule has 0 aliphatic carbocycles. The number of alkyl halides is 3. The summed E-state index contributed by atoms with van der Waals surface area (Å²) in [6, 6.07) is 10.9. The average Bonchev–Trinajstić information content (AvgIpc) is 3.70. The molecule has 41 heavy (non-hydrogen) atoms. The minimum atomic E-state index is -4.95. The van der Waals surface area contributed by atoms with Gasteiger partial charge in [0.25, 0.3) is 10.0 Å². The molecule has 0 atom stereocenters. The Morgan fingerprint density at radius 2 is 2.00 bits per heavy atom. The predicted molar refractivity (Wildman–Crippen MR) is 154 cm³/mol. The first-order valence-electron chi connectivity index (χ1n) is 13.2. The van der Waals surface area contributed by atoms with Gasteiger partial charge in [-0.1, -0.05) is 18.2 Å². The fourth-order valence-corrected chi connectivity index (χ4v) is 8.53. The largest absolute Gasteiger partial charge is 0.490 e. The zero-order valence-electron chi connectivity index (χ0n) is 22.2. The van der Waals surface area contributed by atoms with Crippen LogP contribution in [-0.4, -0.2) is 61.7 Å². The van der Waals surface area contributed by atoms with Crippen molar-refractivity contribution in [2.24, 2.45) is 5.92 Å². The molecule has 4 aromatic rings. The zero-order valence-corrected chi connectivity index (χ0v) is 24.6. The highest BCUT2D eigenvalue weighted by atomic mass is 32.2. The van der Waals surface area contributed by atoms with E-state index in [2.05, 4.69) is 19.6 Å². The number of ether oxygens (including phenoxy) is 1. The van der Waals surface area contributed by atoms with Crippen LogP contribution < -0.4 is 4.31 Å². The number of piperidine rings is 1. The number of sulfonamides is 1. The summed E-state index contributed by atoms with van der Waals surface area (Å²) in [4.78, 5) is 22.2. The van der Waals surface area contributed by atoms with E-state index in [-0.39, 0.29) is 19.1 Å². The number of esters is 1. The SMILES string of the molecule is CCN(c1cccc2cc(-c3ncc(CN4CCC(CCOC(=O)C(F)(F)F)CC4)s3)[nH]c12)S(=O)(=O)c1cccs1. The molecule has 1 fully saturated rings. The summed E-state index contributed by atoms with van der Waals surface area (Å²) in [6.45, 7) is 4.18. The van der Waals surface area contributed by atoms with Gasteiger partial charge in [-0.3, -0.25) is 9.21 Å². The van der Waals surface area contributed by atoms with Crippen LogP contribution in [-0.2, 0) is 26.1 Å². The number of halogens is 3. The van der Waals surface area contributed by atoms with Gasteiger partial charge in [0.1, 0.15) is 9.22 Å². The highest BCUT2D eigenvalue weighted by Crippen LogP contribution is 2.36. The number of benzene rings is 1. The van der Waals surface area contributed by atoms with Gasteiger partial charge in [0.15, 0.2) is 0 Å². The number of carbonyl (C=O) groups excluding carboxylic acids is 1. The molecular formula is C27H29F3N4O4S3. The highest BCUT2D eigenvalue weighted by molar-refractivity contribution is 7.94. The monoisotopic (exact) mass is 626 g/mol. The molecule has 0 unspecified atom stereocenters. The van der Waals surface area contributed by atoms with E-state index in [1.165, 1.54) is 15.6 Å². The van der Waals surface area contributed by atoms with E-state index in [9.17, 15) is 26.4 Å². The van der Waals surface area contributed by atoms with E-state index in [4.69, 9.17) is 0 Å². The van der Waals surface area contributed by atoms with Crippen LogP contribution >= 0.6 is 22.7 Å². The standard InChI is InChI=1S/C27H29F3N4O4S3/c1-2-34(41(36,37)23-7-4-14-39-23)22-6-3-5-19-15-21(32-24(19)22)25-31-16-20(40-25)17-33-11-8-18(9-12-33)10-13-38-26(35)27(28,29)30/h3-7,14-16,18,32H,2,8-13,17H2,1H3. The molecule has 8 nitrogen and oxygen atoms in total. The highest BCUT2D eigenvalue weighted by Gasteiger charge is 2.41. The predicted octanol–water partition coefficient (Wildman–Crippen LogP) is 6.28. The van der Waals surface area contributed by atoms with Gasteiger partial charge < -0.3 is 9.72 Å². The number of hydrogen-bond acceptors (Lipinski definition) is 8. The molecule has 0 amide bonds. The molecular weight excluding hydrogens is 598 g/mol. The summed E-state index contributed by atoms with van der Waals surface area (Å²) in [5.74, 6) is -1.91. The van der Waals surface area contributed by atoms with E-state index < -0.39 is 22.2 Å². The number of rotatable bonds is 10. The number of fused-ring (bicyclic) bond motifs is 1. The molecule has 0 bridgehead atoms. The third-order valence-electron chi connectivity index (χ3n) is 7.09. The fourth-order valence-electron chi connectivity index (χ4n) is 5.01. The molecule has 0 spiro atoms. The van der Waals surface area contributed by atoms with Crippen molar-refractivity contribution < 1.29 is 31.1 Å². The minimum absolute atomic E-state index is 0.219. The lowest BCUT2D eigenvalue weighted by atomic mass is 9.94. The first-order valence-corrected chi connectivity index (χ1v) is 16.3. The lowest BCUT2D eigenvalue weighted by Gasteiger charge is -2.31. The van der Waals surface area contributed by atoms with Gasteiger partial charge in [0, 0.05) is 29.5 Å². The van der Waals surface area contributed by atoms with Crippen LogP contribution in [0.5, 0.6) is 0 Å². The second kappa shape index (κ2) is 12.1. The van der Waals surface area contributed by atoms with Crippen molar-refractivity contribution in [3.05, 3.63) is 52.9 Å². The third kappa shape index (κ3) is 6.60. The molecule has 1 saturated heterocycles. The summed E-state index contributed by atoms with van der Waals surface area (Å²) in [5, 5.41) is 3.43. The summed E-state index contributed by atoms with van der Waals surface area (Å²) in [5.41, 5.74) is 2.11. The number of aromatic amines is 1. The van der Waals surface area contributed by atoms with Crippen molar-refractivity contribution in [1.82, 2.24) is 14.9 Å². The fraction of sp³-hybridized carbons (Fsp3) is 0.407. The molecule has 14 heteroatoms. The maximum absolute atomic E-state index is 13.3. The van der Waals surface area contributed by atoms with Crippen LogP contribution in [0.3, 0.4) is 0 Å². The smallest absolute Gasteiger partial charge is 0.459 e. The molecule has 220 valence electrons. The van der Waals surface area contributed by atoms with E-state index in [0.29, 0.717) is 22.9 Å². The molecule has 4 heterocycles. The Balaban J connectivity index is 1.22. The maximum atomic E-state index is 13.3. The Hall–Kier alpha value is -2.94. The lowest BCUT2D eigenvalue weighted by molar-refractivity contribution is -0.200. The van der Waals surface area contributed by atoms with Crippen LogP contribution in [0, 0.1) is 5.92 Å². The number of carbonyl (C=O) groups is 1. The van der Waals surface area contributed by atoms with Crippen molar-refractivity contribution >= 4 is 55.3 Å². The molecule has 0 radical (unpaired) electrons. The third-order valence-corrected chi connectivity index (χ3v) is 11.4. The summed E-state index contributed by atoms with van der Waals surface area (Å²) < 4.78 is 69.5. The van der Waals surface area contributed by atoms with Crippen molar-refractivity contribution in [2.45, 2.75) is 43.1 Å². The minimum Gasteiger partial charge on any atom is -0.459 e. The number of thiophene rings is 1. The van der Waals surface area contributed by atoms with Crippen LogP contribution in [0.2, 0.25) is 0 Å². The summed E-state index contributed by atoms with van der Waals surface area (Å²) in [7, 11) is -3.69. The molecule has 3 aromatic heterocycles. The Labute approximate surface area is 243 Å². The van der Waals surface area contributed by atoms with E-state index in [1.807, 2.05) is 31.3 Å². The number of anilines is 1. The quantitative estimate of drug-likeness (QED) is 0.208. The molecule has 0 saturated carbocycles. The van der Waals surface area contributed by atoms with E-state index >= 15 is 0 Å². The Morgan fingerprint density at radius 1 is 1.22 bits per heavy atom. The number of H-pyrrole nitrogens is 1. The Morgan fingerprint density at radius 3 is 2.68 bits per heavy atom. The van der Waals surface area contributed by atoms with Gasteiger partial charge in [-0.2, -0.15) is 13.2 Å². The Bertz CT molecular complexity index is 1590. The van der Waals surface area contributed by atoms with Crippen LogP contribution in [0.15, 0.2) is 52.2 Å². The van der Waals surface area contributed by atoms with Gasteiger partial charge in [-0.05, 0) is 68.8 Å². The lowest BCUT2D eigenvalue weighted by Crippen LogP contribution is -2.33. The number of para-hydroxylation sites is 1. The van der Waals surface area contributed by atoms with Crippen molar-refractivity contribution in [3.63, 3.8) is 0 Å². The van der Waals surface area contributed by atoms with Crippen molar-refractivity contribution in [2.75, 3.05) is 30.5 Å². The van der Waals surface area contributed by atoms with Crippen LogP contribution in [0.25, 0.3) is 21.6 Å². The van der Waals surface area contributed by atoms with Crippen molar-refractivity contribution in [3.8, 4) is 10.7 Å². The van der Waals surface area contributed by atoms with Gasteiger partial charge in [-0.25, -0.2) is 18.2 Å². The molecule has 1 N–H and O–H groups in total. The zero-order chi connectivity index (χ0) is 29.2. The topological polar surface area (TPSA) is 95.6 Å². The van der Waals surface area contributed by atoms with Gasteiger partial charge in [0.05, 0.1) is 23.5 Å². The average molecular weight is 627 g/mol. The van der Waals surface area contributed by atoms with E-state index in [0.717, 1.165) is 52.4 Å². The first kappa shape index (κ1) is 29.5. The second-order valence-corrected chi connectivity index (χ2v) is 14.0. The summed E-state index contributed by atoms with van der Waals surface area (Å²) in [6.07, 6.45) is -1.04. The second-order valence-electron chi connectivity index (χ2n) is 9.80. The van der Waals surface area contributed by atoms with Crippen LogP contribution in [0.4, 0.5) is 18.9 Å². The number of likely N-dealkylation sites (tertiary alicyclic amines) is 1. The molecule has 1 aromatic carbocycles.